The molecule has 0 aromatic heterocycles. The van der Waals surface area contributed by atoms with Gasteiger partial charge in [0.2, 0.25) is 0 Å². The lowest BCUT2D eigenvalue weighted by Crippen LogP contribution is -2.43. The van der Waals surface area contributed by atoms with Crippen LogP contribution in [0.25, 0.3) is 0 Å². The summed E-state index contributed by atoms with van der Waals surface area (Å²) >= 11 is 0. The zero-order chi connectivity index (χ0) is 14.6. The zero-order valence-electron chi connectivity index (χ0n) is 13.2. The van der Waals surface area contributed by atoms with Crippen LogP contribution in [0.4, 0.5) is 0 Å². The van der Waals surface area contributed by atoms with E-state index >= 15 is 0 Å². The number of rotatable bonds is 7. The Labute approximate surface area is 113 Å². The Morgan fingerprint density at radius 1 is 1.17 bits per heavy atom. The fourth-order valence-corrected chi connectivity index (χ4v) is 2.21. The first-order valence-corrected chi connectivity index (χ1v) is 6.87. The molecule has 0 N–H and O–H groups in total. The molecule has 0 saturated carbocycles. The van der Waals surface area contributed by atoms with Gasteiger partial charge in [0, 0.05) is 5.41 Å². The molecule has 2 nitrogen and oxygen atoms in total. The molecule has 0 bridgehead atoms. The lowest BCUT2D eigenvalue weighted by Gasteiger charge is -2.44. The minimum absolute atomic E-state index is 0.140. The Morgan fingerprint density at radius 3 is 2.00 bits per heavy atom. The van der Waals surface area contributed by atoms with Gasteiger partial charge in [-0.05, 0) is 32.6 Å². The van der Waals surface area contributed by atoms with Gasteiger partial charge in [-0.3, -0.25) is 4.79 Å². The Bertz CT molecular complexity index is 302. The molecule has 1 atom stereocenters. The Hall–Kier alpha value is -0.790. The van der Waals surface area contributed by atoms with Gasteiger partial charge in [-0.2, -0.15) is 0 Å². The molecule has 1 unspecified atom stereocenters. The molecule has 18 heavy (non-hydrogen) atoms. The second-order valence-corrected chi connectivity index (χ2v) is 6.66. The second-order valence-electron chi connectivity index (χ2n) is 6.66. The first kappa shape index (κ1) is 17.2. The first-order chi connectivity index (χ1) is 8.06. The zero-order valence-corrected chi connectivity index (χ0v) is 13.2. The quantitative estimate of drug-likeness (QED) is 0.490. The number of hydrogen-bond acceptors (Lipinski definition) is 2. The van der Waals surface area contributed by atoms with Crippen molar-refractivity contribution in [2.24, 2.45) is 16.2 Å². The smallest absolute Gasteiger partial charge is 0.312 e. The fourth-order valence-electron chi connectivity index (χ4n) is 2.21. The van der Waals surface area contributed by atoms with Crippen LogP contribution in [0.5, 0.6) is 0 Å². The van der Waals surface area contributed by atoms with E-state index in [0.29, 0.717) is 6.61 Å². The summed E-state index contributed by atoms with van der Waals surface area (Å²) in [5.74, 6) is -0.140. The van der Waals surface area contributed by atoms with Crippen LogP contribution in [0, 0.1) is 16.2 Å². The van der Waals surface area contributed by atoms with Crippen molar-refractivity contribution >= 4 is 5.97 Å². The molecule has 0 saturated heterocycles. The van der Waals surface area contributed by atoms with Gasteiger partial charge in [0.05, 0.1) is 12.0 Å². The maximum absolute atomic E-state index is 12.2. The Morgan fingerprint density at radius 2 is 1.67 bits per heavy atom. The number of carbonyl (C=O) groups is 1. The van der Waals surface area contributed by atoms with Crippen molar-refractivity contribution in [3.05, 3.63) is 12.7 Å². The summed E-state index contributed by atoms with van der Waals surface area (Å²) in [6, 6.07) is 0. The molecule has 0 aromatic rings. The summed E-state index contributed by atoms with van der Waals surface area (Å²) in [6.45, 7) is 18.9. The summed E-state index contributed by atoms with van der Waals surface area (Å²) in [7, 11) is 0. The third-order valence-electron chi connectivity index (χ3n) is 4.47. The second kappa shape index (κ2) is 5.90. The predicted octanol–water partition coefficient (Wildman–Crippen LogP) is 4.59. The molecule has 2 heteroatoms. The highest BCUT2D eigenvalue weighted by Gasteiger charge is 2.47. The molecule has 0 radical (unpaired) electrons. The molecule has 0 fully saturated rings. The third kappa shape index (κ3) is 3.60. The van der Waals surface area contributed by atoms with Crippen molar-refractivity contribution in [2.45, 2.75) is 61.3 Å². The summed E-state index contributed by atoms with van der Waals surface area (Å²) < 4.78 is 5.22. The highest BCUT2D eigenvalue weighted by molar-refractivity contribution is 5.77. The molecule has 0 aliphatic carbocycles. The van der Waals surface area contributed by atoms with Gasteiger partial charge in [-0.1, -0.05) is 40.2 Å². The average molecular weight is 254 g/mol. The lowest BCUT2D eigenvalue weighted by atomic mass is 9.59. The van der Waals surface area contributed by atoms with Crippen LogP contribution in [0.2, 0.25) is 0 Å². The van der Waals surface area contributed by atoms with E-state index in [2.05, 4.69) is 34.3 Å². The van der Waals surface area contributed by atoms with Crippen LogP contribution in [0.15, 0.2) is 12.7 Å². The van der Waals surface area contributed by atoms with Gasteiger partial charge in [-0.15, -0.1) is 6.58 Å². The summed E-state index contributed by atoms with van der Waals surface area (Å²) in [5, 5.41) is 0. The van der Waals surface area contributed by atoms with Crippen molar-refractivity contribution in [3.63, 3.8) is 0 Å². The topological polar surface area (TPSA) is 26.3 Å². The lowest BCUT2D eigenvalue weighted by molar-refractivity contribution is -0.160. The van der Waals surface area contributed by atoms with Crippen LogP contribution in [-0.4, -0.2) is 12.6 Å². The van der Waals surface area contributed by atoms with Crippen LogP contribution < -0.4 is 0 Å². The van der Waals surface area contributed by atoms with Crippen molar-refractivity contribution in [2.75, 3.05) is 6.61 Å². The molecular formula is C16H30O2. The number of hydrogen-bond donors (Lipinski definition) is 0. The van der Waals surface area contributed by atoms with Crippen molar-refractivity contribution in [1.82, 2.24) is 0 Å². The van der Waals surface area contributed by atoms with Gasteiger partial charge in [0.1, 0.15) is 0 Å². The van der Waals surface area contributed by atoms with Gasteiger partial charge in [-0.25, -0.2) is 0 Å². The van der Waals surface area contributed by atoms with E-state index < -0.39 is 5.41 Å². The highest BCUT2D eigenvalue weighted by atomic mass is 16.5. The van der Waals surface area contributed by atoms with Crippen LogP contribution in [0.3, 0.4) is 0 Å². The van der Waals surface area contributed by atoms with E-state index in [0.717, 1.165) is 12.8 Å². The van der Waals surface area contributed by atoms with Crippen molar-refractivity contribution in [1.29, 1.82) is 0 Å². The molecule has 0 aliphatic heterocycles. The van der Waals surface area contributed by atoms with Gasteiger partial charge in [0.25, 0.3) is 0 Å². The normalized spacial score (nSPS) is 15.9. The minimum Gasteiger partial charge on any atom is -0.466 e. The largest absolute Gasteiger partial charge is 0.466 e. The standard InChI is InChI=1S/C16H30O2/c1-9-14(4,5)12-16(8,10-2)15(6,7)13(17)18-11-3/h10H,2,9,11-12H2,1,3-8H3. The Balaban J connectivity index is 5.26. The molecule has 0 aliphatic rings. The predicted molar refractivity (Wildman–Crippen MR) is 77.4 cm³/mol. The summed E-state index contributed by atoms with van der Waals surface area (Å²) in [4.78, 5) is 12.2. The summed E-state index contributed by atoms with van der Waals surface area (Å²) in [5.41, 5.74) is -0.636. The van der Waals surface area contributed by atoms with Crippen molar-refractivity contribution < 1.29 is 9.53 Å². The minimum atomic E-state index is -0.558. The highest BCUT2D eigenvalue weighted by Crippen LogP contribution is 2.49. The monoisotopic (exact) mass is 254 g/mol. The van der Waals surface area contributed by atoms with E-state index in [4.69, 9.17) is 4.74 Å². The number of ether oxygens (including phenoxy) is 1. The fraction of sp³-hybridized carbons (Fsp3) is 0.812. The van der Waals surface area contributed by atoms with E-state index in [9.17, 15) is 4.79 Å². The van der Waals surface area contributed by atoms with E-state index in [1.807, 2.05) is 26.8 Å². The molecular weight excluding hydrogens is 224 g/mol. The van der Waals surface area contributed by atoms with E-state index in [1.165, 1.54) is 0 Å². The van der Waals surface area contributed by atoms with Gasteiger partial charge in [0.15, 0.2) is 0 Å². The van der Waals surface area contributed by atoms with Gasteiger partial charge >= 0.3 is 5.97 Å². The molecule has 0 spiro atoms. The van der Waals surface area contributed by atoms with Gasteiger partial charge < -0.3 is 4.74 Å². The molecule has 0 heterocycles. The van der Waals surface area contributed by atoms with Crippen LogP contribution >= 0.6 is 0 Å². The molecule has 0 rings (SSSR count). The SMILES string of the molecule is C=CC(C)(CC(C)(C)CC)C(C)(C)C(=O)OCC. The number of carbonyl (C=O) groups excluding carboxylic acids is 1. The van der Waals surface area contributed by atoms with Crippen molar-refractivity contribution in [3.8, 4) is 0 Å². The number of esters is 1. The molecule has 106 valence electrons. The van der Waals surface area contributed by atoms with Crippen LogP contribution in [-0.2, 0) is 9.53 Å². The average Bonchev–Trinajstić information content (AvgIpc) is 2.28. The third-order valence-corrected chi connectivity index (χ3v) is 4.47. The van der Waals surface area contributed by atoms with Crippen LogP contribution in [0.1, 0.15) is 61.3 Å². The maximum atomic E-state index is 12.2. The first-order valence-electron chi connectivity index (χ1n) is 6.87. The van der Waals surface area contributed by atoms with E-state index in [-0.39, 0.29) is 16.8 Å². The summed E-state index contributed by atoms with van der Waals surface area (Å²) in [6.07, 6.45) is 3.92. The number of allylic oxidation sites excluding steroid dienone is 1. The Kier molecular flexibility index (Phi) is 5.64. The van der Waals surface area contributed by atoms with E-state index in [1.54, 1.807) is 0 Å². The maximum Gasteiger partial charge on any atom is 0.312 e. The molecule has 0 amide bonds. The molecule has 0 aromatic carbocycles.